The molecule has 74 valence electrons. The van der Waals surface area contributed by atoms with Gasteiger partial charge >= 0.3 is 0 Å². The number of aromatic amines is 1. The summed E-state index contributed by atoms with van der Waals surface area (Å²) in [6.07, 6.45) is 5.04. The van der Waals surface area contributed by atoms with Crippen molar-refractivity contribution >= 4 is 12.2 Å². The van der Waals surface area contributed by atoms with Crippen LogP contribution in [0, 0.1) is 10.2 Å². The standard InChI is InChI=1S/C10H18N2S/c1-8(7-10(2,3)4)12-6-5-11-9(12)13/h5-6,8H,7H2,1-4H3,(H,11,13). The lowest BCUT2D eigenvalue weighted by atomic mass is 9.89. The summed E-state index contributed by atoms with van der Waals surface area (Å²) < 4.78 is 2.93. The highest BCUT2D eigenvalue weighted by atomic mass is 32.1. The Labute approximate surface area is 85.0 Å². The SMILES string of the molecule is CC(CC(C)(C)C)n1cc[nH]c1=S. The van der Waals surface area contributed by atoms with E-state index in [1.165, 1.54) is 0 Å². The molecule has 0 fully saturated rings. The largest absolute Gasteiger partial charge is 0.337 e. The molecule has 0 spiro atoms. The van der Waals surface area contributed by atoms with Crippen LogP contribution < -0.4 is 0 Å². The van der Waals surface area contributed by atoms with E-state index < -0.39 is 0 Å². The van der Waals surface area contributed by atoms with Gasteiger partial charge in [-0.05, 0) is 31.0 Å². The zero-order valence-corrected chi connectivity index (χ0v) is 9.61. The van der Waals surface area contributed by atoms with Crippen LogP contribution in [0.25, 0.3) is 0 Å². The Morgan fingerprint density at radius 1 is 1.54 bits per heavy atom. The van der Waals surface area contributed by atoms with Gasteiger partial charge in [-0.2, -0.15) is 0 Å². The second-order valence-corrected chi connectivity index (χ2v) is 5.17. The molecular weight excluding hydrogens is 180 g/mol. The van der Waals surface area contributed by atoms with Crippen molar-refractivity contribution in [1.29, 1.82) is 0 Å². The van der Waals surface area contributed by atoms with Crippen LogP contribution in [-0.2, 0) is 0 Å². The first-order chi connectivity index (χ1) is 5.90. The van der Waals surface area contributed by atoms with Crippen molar-refractivity contribution in [3.63, 3.8) is 0 Å². The Balaban J connectivity index is 2.75. The van der Waals surface area contributed by atoms with Gasteiger partial charge in [0.05, 0.1) is 0 Å². The highest BCUT2D eigenvalue weighted by molar-refractivity contribution is 7.71. The maximum absolute atomic E-state index is 5.16. The van der Waals surface area contributed by atoms with Crippen LogP contribution in [0.15, 0.2) is 12.4 Å². The van der Waals surface area contributed by atoms with Crippen molar-refractivity contribution < 1.29 is 0 Å². The third kappa shape index (κ3) is 2.99. The minimum atomic E-state index is 0.353. The van der Waals surface area contributed by atoms with Crippen LogP contribution in [0.3, 0.4) is 0 Å². The van der Waals surface area contributed by atoms with E-state index in [9.17, 15) is 0 Å². The molecule has 1 N–H and O–H groups in total. The van der Waals surface area contributed by atoms with Gasteiger partial charge in [0.2, 0.25) is 0 Å². The van der Waals surface area contributed by atoms with E-state index in [0.717, 1.165) is 11.2 Å². The molecule has 3 heteroatoms. The summed E-state index contributed by atoms with van der Waals surface area (Å²) in [6.45, 7) is 8.95. The monoisotopic (exact) mass is 198 g/mol. The Morgan fingerprint density at radius 2 is 2.15 bits per heavy atom. The van der Waals surface area contributed by atoms with Gasteiger partial charge in [-0.1, -0.05) is 20.8 Å². The molecule has 1 aromatic rings. The first-order valence-electron chi connectivity index (χ1n) is 4.66. The molecule has 0 saturated heterocycles. The number of hydrogen-bond acceptors (Lipinski definition) is 1. The van der Waals surface area contributed by atoms with E-state index in [0.29, 0.717) is 11.5 Å². The number of hydrogen-bond donors (Lipinski definition) is 1. The summed E-state index contributed by atoms with van der Waals surface area (Å²) in [7, 11) is 0. The van der Waals surface area contributed by atoms with Gasteiger partial charge in [-0.3, -0.25) is 0 Å². The van der Waals surface area contributed by atoms with E-state index in [-0.39, 0.29) is 0 Å². The molecule has 0 saturated carbocycles. The fourth-order valence-corrected chi connectivity index (χ4v) is 1.97. The zero-order valence-electron chi connectivity index (χ0n) is 8.79. The summed E-state index contributed by atoms with van der Waals surface area (Å²) in [6, 6.07) is 0.471. The van der Waals surface area contributed by atoms with E-state index in [2.05, 4.69) is 37.2 Å². The van der Waals surface area contributed by atoms with E-state index >= 15 is 0 Å². The van der Waals surface area contributed by atoms with E-state index in [4.69, 9.17) is 12.2 Å². The van der Waals surface area contributed by atoms with Crippen LogP contribution in [0.5, 0.6) is 0 Å². The number of nitrogens with one attached hydrogen (secondary N) is 1. The smallest absolute Gasteiger partial charge is 0.177 e. The van der Waals surface area contributed by atoms with Gasteiger partial charge in [-0.25, -0.2) is 0 Å². The first kappa shape index (κ1) is 10.5. The fraction of sp³-hybridized carbons (Fsp3) is 0.700. The minimum Gasteiger partial charge on any atom is -0.337 e. The molecule has 13 heavy (non-hydrogen) atoms. The van der Waals surface area contributed by atoms with Gasteiger partial charge in [0, 0.05) is 18.4 Å². The maximum Gasteiger partial charge on any atom is 0.177 e. The number of rotatable bonds is 2. The fourth-order valence-electron chi connectivity index (χ4n) is 1.66. The lowest BCUT2D eigenvalue weighted by Gasteiger charge is -2.23. The second-order valence-electron chi connectivity index (χ2n) is 4.79. The predicted molar refractivity (Wildman–Crippen MR) is 58.4 cm³/mol. The molecule has 0 aliphatic heterocycles. The lowest BCUT2D eigenvalue weighted by Crippen LogP contribution is -2.14. The Hall–Kier alpha value is -0.570. The number of imidazole rings is 1. The first-order valence-corrected chi connectivity index (χ1v) is 5.06. The van der Waals surface area contributed by atoms with Crippen LogP contribution in [0.4, 0.5) is 0 Å². The summed E-state index contributed by atoms with van der Waals surface area (Å²) >= 11 is 5.16. The molecule has 0 aromatic carbocycles. The van der Waals surface area contributed by atoms with Crippen molar-refractivity contribution in [1.82, 2.24) is 9.55 Å². The van der Waals surface area contributed by atoms with Crippen molar-refractivity contribution in [2.24, 2.45) is 5.41 Å². The molecule has 1 heterocycles. The third-order valence-corrected chi connectivity index (χ3v) is 2.39. The highest BCUT2D eigenvalue weighted by Gasteiger charge is 2.16. The van der Waals surface area contributed by atoms with Crippen molar-refractivity contribution in [2.75, 3.05) is 0 Å². The Morgan fingerprint density at radius 3 is 2.54 bits per heavy atom. The van der Waals surface area contributed by atoms with Gasteiger partial charge in [0.15, 0.2) is 4.77 Å². The number of aromatic nitrogens is 2. The molecule has 1 atom stereocenters. The third-order valence-electron chi connectivity index (χ3n) is 2.06. The van der Waals surface area contributed by atoms with Crippen LogP contribution in [-0.4, -0.2) is 9.55 Å². The van der Waals surface area contributed by atoms with Crippen molar-refractivity contribution in [3.8, 4) is 0 Å². The Bertz CT molecular complexity index is 316. The maximum atomic E-state index is 5.16. The summed E-state index contributed by atoms with van der Waals surface area (Å²) in [5.41, 5.74) is 0.353. The molecule has 2 nitrogen and oxygen atoms in total. The average Bonchev–Trinajstić information content (AvgIpc) is 2.30. The summed E-state index contributed by atoms with van der Waals surface area (Å²) in [5.74, 6) is 0. The van der Waals surface area contributed by atoms with E-state index in [1.54, 1.807) is 0 Å². The lowest BCUT2D eigenvalue weighted by molar-refractivity contribution is 0.304. The Kier molecular flexibility index (Phi) is 2.96. The molecular formula is C10H18N2S. The van der Waals surface area contributed by atoms with Crippen LogP contribution in [0.2, 0.25) is 0 Å². The molecule has 0 radical (unpaired) electrons. The van der Waals surface area contributed by atoms with Crippen molar-refractivity contribution in [3.05, 3.63) is 17.2 Å². The van der Waals surface area contributed by atoms with Crippen molar-refractivity contribution in [2.45, 2.75) is 40.2 Å². The molecule has 0 bridgehead atoms. The second kappa shape index (κ2) is 3.66. The van der Waals surface area contributed by atoms with Gasteiger partial charge in [0.1, 0.15) is 0 Å². The van der Waals surface area contributed by atoms with Gasteiger partial charge in [0.25, 0.3) is 0 Å². The molecule has 0 aliphatic rings. The zero-order chi connectivity index (χ0) is 10.1. The number of H-pyrrole nitrogens is 1. The van der Waals surface area contributed by atoms with Crippen LogP contribution >= 0.6 is 12.2 Å². The normalized spacial score (nSPS) is 14.5. The predicted octanol–water partition coefficient (Wildman–Crippen LogP) is 3.54. The molecule has 1 unspecified atom stereocenters. The summed E-state index contributed by atoms with van der Waals surface area (Å²) in [5, 5.41) is 0. The van der Waals surface area contributed by atoms with Crippen LogP contribution in [0.1, 0.15) is 40.2 Å². The molecule has 0 amide bonds. The summed E-state index contributed by atoms with van der Waals surface area (Å²) in [4.78, 5) is 3.01. The highest BCUT2D eigenvalue weighted by Crippen LogP contribution is 2.26. The topological polar surface area (TPSA) is 20.7 Å². The van der Waals surface area contributed by atoms with Gasteiger partial charge in [-0.15, -0.1) is 0 Å². The number of nitrogens with zero attached hydrogens (tertiary/aromatic N) is 1. The molecule has 0 aliphatic carbocycles. The van der Waals surface area contributed by atoms with E-state index in [1.807, 2.05) is 12.4 Å². The average molecular weight is 198 g/mol. The van der Waals surface area contributed by atoms with Gasteiger partial charge < -0.3 is 9.55 Å². The minimum absolute atomic E-state index is 0.353. The quantitative estimate of drug-likeness (QED) is 0.721. The molecule has 1 aromatic heterocycles. The molecule has 1 rings (SSSR count).